The standard InChI is InChI=1S/C10H18N2O/c1-6(2)11-7(3)10-8(4)12-13-9(10)5/h6-7,11H,1-5H3. The summed E-state index contributed by atoms with van der Waals surface area (Å²) in [5.41, 5.74) is 2.17. The molecule has 0 aromatic carbocycles. The van der Waals surface area contributed by atoms with Gasteiger partial charge in [0.2, 0.25) is 0 Å². The summed E-state index contributed by atoms with van der Waals surface area (Å²) in [6.07, 6.45) is 0. The highest BCUT2D eigenvalue weighted by atomic mass is 16.5. The molecule has 74 valence electrons. The first kappa shape index (κ1) is 10.3. The molecule has 0 aliphatic heterocycles. The van der Waals surface area contributed by atoms with Crippen LogP contribution in [0.2, 0.25) is 0 Å². The quantitative estimate of drug-likeness (QED) is 0.779. The minimum atomic E-state index is 0.311. The highest BCUT2D eigenvalue weighted by molar-refractivity contribution is 5.24. The molecule has 0 fully saturated rings. The topological polar surface area (TPSA) is 38.1 Å². The molecule has 1 unspecified atom stereocenters. The number of aromatic nitrogens is 1. The van der Waals surface area contributed by atoms with Crippen molar-refractivity contribution in [1.82, 2.24) is 10.5 Å². The third-order valence-corrected chi connectivity index (χ3v) is 2.10. The third-order valence-electron chi connectivity index (χ3n) is 2.10. The largest absolute Gasteiger partial charge is 0.361 e. The number of nitrogens with zero attached hydrogens (tertiary/aromatic N) is 1. The fourth-order valence-corrected chi connectivity index (χ4v) is 1.69. The van der Waals surface area contributed by atoms with Crippen molar-refractivity contribution in [2.75, 3.05) is 0 Å². The first-order chi connectivity index (χ1) is 6.02. The van der Waals surface area contributed by atoms with E-state index >= 15 is 0 Å². The molecule has 0 bridgehead atoms. The Morgan fingerprint density at radius 1 is 1.23 bits per heavy atom. The summed E-state index contributed by atoms with van der Waals surface area (Å²) in [4.78, 5) is 0. The normalized spacial score (nSPS) is 13.7. The van der Waals surface area contributed by atoms with Gasteiger partial charge in [-0.05, 0) is 20.8 Å². The van der Waals surface area contributed by atoms with Crippen molar-refractivity contribution in [3.8, 4) is 0 Å². The molecule has 1 aromatic heterocycles. The molecule has 1 N–H and O–H groups in total. The van der Waals surface area contributed by atoms with E-state index in [0.717, 1.165) is 11.5 Å². The van der Waals surface area contributed by atoms with Crippen molar-refractivity contribution in [3.05, 3.63) is 17.0 Å². The first-order valence-electron chi connectivity index (χ1n) is 4.71. The maximum absolute atomic E-state index is 5.11. The molecule has 0 saturated heterocycles. The van der Waals surface area contributed by atoms with Crippen molar-refractivity contribution < 1.29 is 4.52 Å². The van der Waals surface area contributed by atoms with Crippen LogP contribution in [0, 0.1) is 13.8 Å². The lowest BCUT2D eigenvalue weighted by Crippen LogP contribution is -2.26. The minimum absolute atomic E-state index is 0.311. The van der Waals surface area contributed by atoms with Crippen LogP contribution in [-0.2, 0) is 0 Å². The number of rotatable bonds is 3. The number of nitrogens with one attached hydrogen (secondary N) is 1. The van der Waals surface area contributed by atoms with Crippen molar-refractivity contribution in [2.45, 2.75) is 46.7 Å². The van der Waals surface area contributed by atoms with Crippen LogP contribution in [-0.4, -0.2) is 11.2 Å². The average Bonchev–Trinajstić information content (AvgIpc) is 2.29. The number of hydrogen-bond donors (Lipinski definition) is 1. The van der Waals surface area contributed by atoms with E-state index in [1.54, 1.807) is 0 Å². The summed E-state index contributed by atoms with van der Waals surface area (Å²) in [7, 11) is 0. The second kappa shape index (κ2) is 3.92. The Morgan fingerprint density at radius 3 is 2.23 bits per heavy atom. The van der Waals surface area contributed by atoms with Crippen molar-refractivity contribution in [1.29, 1.82) is 0 Å². The fraction of sp³-hybridized carbons (Fsp3) is 0.700. The maximum Gasteiger partial charge on any atom is 0.138 e. The van der Waals surface area contributed by atoms with E-state index in [0.29, 0.717) is 12.1 Å². The van der Waals surface area contributed by atoms with E-state index in [9.17, 15) is 0 Å². The zero-order valence-corrected chi connectivity index (χ0v) is 9.01. The lowest BCUT2D eigenvalue weighted by Gasteiger charge is -2.16. The Balaban J connectivity index is 2.81. The summed E-state index contributed by atoms with van der Waals surface area (Å²) in [6.45, 7) is 10.3. The molecule has 1 atom stereocenters. The summed E-state index contributed by atoms with van der Waals surface area (Å²) in [5, 5.41) is 7.36. The van der Waals surface area contributed by atoms with E-state index < -0.39 is 0 Å². The van der Waals surface area contributed by atoms with Crippen LogP contribution >= 0.6 is 0 Å². The molecule has 0 saturated carbocycles. The lowest BCUT2D eigenvalue weighted by atomic mass is 10.1. The highest BCUT2D eigenvalue weighted by Gasteiger charge is 2.16. The van der Waals surface area contributed by atoms with Gasteiger partial charge in [0.25, 0.3) is 0 Å². The molecule has 0 aliphatic rings. The van der Waals surface area contributed by atoms with Gasteiger partial charge in [-0.3, -0.25) is 0 Å². The van der Waals surface area contributed by atoms with Gasteiger partial charge in [0.1, 0.15) is 5.76 Å². The molecular weight excluding hydrogens is 164 g/mol. The van der Waals surface area contributed by atoms with Gasteiger partial charge >= 0.3 is 0 Å². The summed E-state index contributed by atoms with van der Waals surface area (Å²) >= 11 is 0. The highest BCUT2D eigenvalue weighted by Crippen LogP contribution is 2.20. The maximum atomic E-state index is 5.11. The van der Waals surface area contributed by atoms with Crippen LogP contribution in [0.5, 0.6) is 0 Å². The second-order valence-corrected chi connectivity index (χ2v) is 3.78. The monoisotopic (exact) mass is 182 g/mol. The van der Waals surface area contributed by atoms with E-state index in [1.165, 1.54) is 5.56 Å². The molecule has 13 heavy (non-hydrogen) atoms. The summed E-state index contributed by atoms with van der Waals surface area (Å²) < 4.78 is 5.11. The molecule has 3 heteroatoms. The van der Waals surface area contributed by atoms with Gasteiger partial charge in [-0.15, -0.1) is 0 Å². The van der Waals surface area contributed by atoms with Crippen LogP contribution < -0.4 is 5.32 Å². The number of aryl methyl sites for hydroxylation is 2. The summed E-state index contributed by atoms with van der Waals surface area (Å²) in [5.74, 6) is 0.915. The zero-order chi connectivity index (χ0) is 10.0. The van der Waals surface area contributed by atoms with Gasteiger partial charge in [-0.25, -0.2) is 0 Å². The van der Waals surface area contributed by atoms with Gasteiger partial charge < -0.3 is 9.84 Å². The summed E-state index contributed by atoms with van der Waals surface area (Å²) in [6, 6.07) is 0.787. The number of hydrogen-bond acceptors (Lipinski definition) is 3. The Labute approximate surface area is 79.5 Å². The van der Waals surface area contributed by atoms with E-state index in [1.807, 2.05) is 13.8 Å². The lowest BCUT2D eigenvalue weighted by molar-refractivity contribution is 0.389. The molecule has 0 amide bonds. The van der Waals surface area contributed by atoms with Crippen LogP contribution in [0.3, 0.4) is 0 Å². The zero-order valence-electron chi connectivity index (χ0n) is 9.01. The smallest absolute Gasteiger partial charge is 0.138 e. The van der Waals surface area contributed by atoms with Gasteiger partial charge in [0, 0.05) is 17.6 Å². The Bertz CT molecular complexity index is 259. The van der Waals surface area contributed by atoms with Gasteiger partial charge in [-0.1, -0.05) is 19.0 Å². The molecule has 0 spiro atoms. The Hall–Kier alpha value is -0.830. The molecule has 1 rings (SSSR count). The van der Waals surface area contributed by atoms with Crippen LogP contribution in [0.25, 0.3) is 0 Å². The van der Waals surface area contributed by atoms with Crippen molar-refractivity contribution >= 4 is 0 Å². The molecule has 0 aliphatic carbocycles. The fourth-order valence-electron chi connectivity index (χ4n) is 1.69. The predicted molar refractivity (Wildman–Crippen MR) is 52.7 cm³/mol. The second-order valence-electron chi connectivity index (χ2n) is 3.78. The van der Waals surface area contributed by atoms with Gasteiger partial charge in [0.05, 0.1) is 5.69 Å². The molecular formula is C10H18N2O. The minimum Gasteiger partial charge on any atom is -0.361 e. The molecule has 1 heterocycles. The Kier molecular flexibility index (Phi) is 3.09. The predicted octanol–water partition coefficient (Wildman–Crippen LogP) is 2.35. The van der Waals surface area contributed by atoms with E-state index in [2.05, 4.69) is 31.2 Å². The SMILES string of the molecule is Cc1noc(C)c1C(C)NC(C)C. The van der Waals surface area contributed by atoms with E-state index in [4.69, 9.17) is 4.52 Å². The Morgan fingerprint density at radius 2 is 1.85 bits per heavy atom. The van der Waals surface area contributed by atoms with Crippen LogP contribution in [0.4, 0.5) is 0 Å². The van der Waals surface area contributed by atoms with Gasteiger partial charge in [0.15, 0.2) is 0 Å². The van der Waals surface area contributed by atoms with Crippen molar-refractivity contribution in [3.63, 3.8) is 0 Å². The first-order valence-corrected chi connectivity index (χ1v) is 4.71. The molecule has 1 aromatic rings. The third kappa shape index (κ3) is 2.31. The van der Waals surface area contributed by atoms with Crippen molar-refractivity contribution in [2.24, 2.45) is 0 Å². The molecule has 0 radical (unpaired) electrons. The van der Waals surface area contributed by atoms with E-state index in [-0.39, 0.29) is 0 Å². The van der Waals surface area contributed by atoms with Crippen LogP contribution in [0.15, 0.2) is 4.52 Å². The average molecular weight is 182 g/mol. The van der Waals surface area contributed by atoms with Gasteiger partial charge in [-0.2, -0.15) is 0 Å². The van der Waals surface area contributed by atoms with Crippen LogP contribution in [0.1, 0.15) is 43.8 Å². The molecule has 3 nitrogen and oxygen atoms in total.